The molecule has 4 nitrogen and oxygen atoms in total. The van der Waals surface area contributed by atoms with Crippen LogP contribution in [0.1, 0.15) is 28.8 Å². The molecule has 19 heavy (non-hydrogen) atoms. The number of fused-ring (bicyclic) bond motifs is 1. The molecule has 96 valence electrons. The fraction of sp³-hybridized carbons (Fsp3) is 0.214. The number of rotatable bonds is 2. The van der Waals surface area contributed by atoms with Gasteiger partial charge in [0.05, 0.1) is 12.4 Å². The normalized spacial score (nSPS) is 14.1. The Morgan fingerprint density at radius 2 is 2.11 bits per heavy atom. The van der Waals surface area contributed by atoms with Crippen molar-refractivity contribution in [3.8, 4) is 11.6 Å². The van der Waals surface area contributed by atoms with Crippen molar-refractivity contribution in [2.24, 2.45) is 0 Å². The summed E-state index contributed by atoms with van der Waals surface area (Å²) in [6.07, 6.45) is 5.37. The van der Waals surface area contributed by atoms with Gasteiger partial charge in [0.2, 0.25) is 5.88 Å². The first-order chi connectivity index (χ1) is 9.22. The number of halogens is 1. The van der Waals surface area contributed by atoms with Gasteiger partial charge < -0.3 is 4.74 Å². The molecule has 1 aliphatic carbocycles. The highest BCUT2D eigenvalue weighted by molar-refractivity contribution is 6.29. The van der Waals surface area contributed by atoms with E-state index in [0.29, 0.717) is 18.1 Å². The van der Waals surface area contributed by atoms with Gasteiger partial charge in [0.1, 0.15) is 5.75 Å². The maximum absolute atomic E-state index is 11.7. The van der Waals surface area contributed by atoms with E-state index in [9.17, 15) is 4.79 Å². The fourth-order valence-electron chi connectivity index (χ4n) is 2.18. The zero-order chi connectivity index (χ0) is 13.2. The van der Waals surface area contributed by atoms with Crippen LogP contribution in [-0.2, 0) is 6.42 Å². The molecule has 0 atom stereocenters. The van der Waals surface area contributed by atoms with Gasteiger partial charge >= 0.3 is 0 Å². The van der Waals surface area contributed by atoms with Gasteiger partial charge in [-0.2, -0.15) is 4.98 Å². The van der Waals surface area contributed by atoms with Crippen LogP contribution >= 0.6 is 11.6 Å². The van der Waals surface area contributed by atoms with E-state index in [-0.39, 0.29) is 10.9 Å². The van der Waals surface area contributed by atoms with Gasteiger partial charge in [-0.1, -0.05) is 11.6 Å². The van der Waals surface area contributed by atoms with Crippen molar-refractivity contribution >= 4 is 17.4 Å². The van der Waals surface area contributed by atoms with Crippen LogP contribution in [0.15, 0.2) is 30.6 Å². The molecule has 1 aromatic heterocycles. The number of ether oxygens (including phenoxy) is 1. The number of benzene rings is 1. The van der Waals surface area contributed by atoms with Crippen molar-refractivity contribution < 1.29 is 9.53 Å². The third-order valence-corrected chi connectivity index (χ3v) is 3.21. The average Bonchev–Trinajstić information content (AvgIpc) is 2.39. The summed E-state index contributed by atoms with van der Waals surface area (Å²) in [5.41, 5.74) is 1.83. The highest BCUT2D eigenvalue weighted by Gasteiger charge is 2.17. The molecule has 0 unspecified atom stereocenters. The topological polar surface area (TPSA) is 52.1 Å². The molecule has 0 aliphatic heterocycles. The lowest BCUT2D eigenvalue weighted by Gasteiger charge is -2.15. The van der Waals surface area contributed by atoms with Crippen LogP contribution in [0.4, 0.5) is 0 Å². The first-order valence-corrected chi connectivity index (χ1v) is 6.42. The highest BCUT2D eigenvalue weighted by Crippen LogP contribution is 2.27. The quantitative estimate of drug-likeness (QED) is 0.842. The molecular formula is C14H11ClN2O2. The number of carbonyl (C=O) groups excluding carboxylic acids is 1. The summed E-state index contributed by atoms with van der Waals surface area (Å²) in [6.45, 7) is 0. The Bertz CT molecular complexity index is 643. The largest absolute Gasteiger partial charge is 0.437 e. The van der Waals surface area contributed by atoms with Gasteiger partial charge in [0, 0.05) is 12.0 Å². The molecule has 0 N–H and O–H groups in total. The second-order valence-corrected chi connectivity index (χ2v) is 4.77. The molecule has 5 heteroatoms. The van der Waals surface area contributed by atoms with Crippen molar-refractivity contribution in [2.75, 3.05) is 0 Å². The number of nitrogens with zero attached hydrogens (tertiary/aromatic N) is 2. The molecule has 2 aromatic rings. The third-order valence-electron chi connectivity index (χ3n) is 3.03. The minimum absolute atomic E-state index is 0.204. The van der Waals surface area contributed by atoms with Gasteiger partial charge in [-0.25, -0.2) is 0 Å². The zero-order valence-corrected chi connectivity index (χ0v) is 10.9. The lowest BCUT2D eigenvalue weighted by atomic mass is 9.91. The van der Waals surface area contributed by atoms with Crippen LogP contribution in [0.3, 0.4) is 0 Å². The number of carbonyl (C=O) groups is 1. The van der Waals surface area contributed by atoms with Gasteiger partial charge in [0.15, 0.2) is 10.9 Å². The second-order valence-electron chi connectivity index (χ2n) is 4.38. The first kappa shape index (κ1) is 12.1. The number of ketones is 1. The Hall–Kier alpha value is -1.94. The van der Waals surface area contributed by atoms with Crippen LogP contribution in [0, 0.1) is 0 Å². The number of aryl methyl sites for hydroxylation is 1. The maximum atomic E-state index is 11.7. The molecular weight excluding hydrogens is 264 g/mol. The molecule has 0 bridgehead atoms. The molecule has 1 aliphatic rings. The smallest absolute Gasteiger partial charge is 0.239 e. The number of hydrogen-bond donors (Lipinski definition) is 0. The van der Waals surface area contributed by atoms with Gasteiger partial charge in [-0.3, -0.25) is 9.78 Å². The standard InChI is InChI=1S/C14H11ClN2O2/c15-13-7-16-8-14(17-13)19-10-4-5-11-9(6-10)2-1-3-12(11)18/h4-8H,1-3H2. The molecule has 3 rings (SSSR count). The summed E-state index contributed by atoms with van der Waals surface area (Å²) in [4.78, 5) is 19.6. The van der Waals surface area contributed by atoms with E-state index in [1.807, 2.05) is 12.1 Å². The summed E-state index contributed by atoms with van der Waals surface area (Å²) in [5, 5.41) is 0.283. The van der Waals surface area contributed by atoms with Crippen LogP contribution in [0.2, 0.25) is 5.15 Å². The molecule has 0 fully saturated rings. The zero-order valence-electron chi connectivity index (χ0n) is 10.1. The third kappa shape index (κ3) is 2.58. The summed E-state index contributed by atoms with van der Waals surface area (Å²) in [7, 11) is 0. The predicted molar refractivity (Wildman–Crippen MR) is 70.8 cm³/mol. The average molecular weight is 275 g/mol. The van der Waals surface area contributed by atoms with E-state index >= 15 is 0 Å². The molecule has 1 aromatic carbocycles. The minimum Gasteiger partial charge on any atom is -0.437 e. The van der Waals surface area contributed by atoms with E-state index in [0.717, 1.165) is 24.0 Å². The molecule has 1 heterocycles. The minimum atomic E-state index is 0.204. The fourth-order valence-corrected chi connectivity index (χ4v) is 2.32. The lowest BCUT2D eigenvalue weighted by molar-refractivity contribution is 0.0972. The number of hydrogen-bond acceptors (Lipinski definition) is 4. The number of aromatic nitrogens is 2. The van der Waals surface area contributed by atoms with Gasteiger partial charge in [-0.15, -0.1) is 0 Å². The molecule has 0 saturated heterocycles. The Kier molecular flexibility index (Phi) is 3.17. The van der Waals surface area contributed by atoms with Crippen molar-refractivity contribution in [3.05, 3.63) is 46.9 Å². The first-order valence-electron chi connectivity index (χ1n) is 6.04. The van der Waals surface area contributed by atoms with E-state index in [1.165, 1.54) is 12.4 Å². The maximum Gasteiger partial charge on any atom is 0.239 e. The Morgan fingerprint density at radius 3 is 2.95 bits per heavy atom. The van der Waals surface area contributed by atoms with Crippen molar-refractivity contribution in [2.45, 2.75) is 19.3 Å². The number of Topliss-reactive ketones (excluding diaryl/α,β-unsaturated/α-hetero) is 1. The second kappa shape index (κ2) is 4.97. The summed E-state index contributed by atoms with van der Waals surface area (Å²) < 4.78 is 5.59. The van der Waals surface area contributed by atoms with E-state index in [1.54, 1.807) is 6.07 Å². The van der Waals surface area contributed by atoms with Crippen LogP contribution in [-0.4, -0.2) is 15.8 Å². The SMILES string of the molecule is O=C1CCCc2cc(Oc3cncc(Cl)n3)ccc21. The van der Waals surface area contributed by atoms with Crippen molar-refractivity contribution in [3.63, 3.8) is 0 Å². The molecule has 0 spiro atoms. The Labute approximate surface area is 115 Å². The van der Waals surface area contributed by atoms with E-state index < -0.39 is 0 Å². The predicted octanol–water partition coefficient (Wildman–Crippen LogP) is 3.44. The van der Waals surface area contributed by atoms with Crippen molar-refractivity contribution in [1.29, 1.82) is 0 Å². The van der Waals surface area contributed by atoms with Crippen molar-refractivity contribution in [1.82, 2.24) is 9.97 Å². The van der Waals surface area contributed by atoms with E-state index in [2.05, 4.69) is 9.97 Å². The molecule has 0 saturated carbocycles. The summed E-state index contributed by atoms with van der Waals surface area (Å²) in [6, 6.07) is 5.46. The van der Waals surface area contributed by atoms with E-state index in [4.69, 9.17) is 16.3 Å². The lowest BCUT2D eigenvalue weighted by Crippen LogP contribution is -2.10. The molecule has 0 radical (unpaired) electrons. The summed E-state index contributed by atoms with van der Waals surface area (Å²) >= 11 is 5.75. The Balaban J connectivity index is 1.88. The van der Waals surface area contributed by atoms with Crippen LogP contribution in [0.25, 0.3) is 0 Å². The van der Waals surface area contributed by atoms with Crippen LogP contribution < -0.4 is 4.74 Å². The van der Waals surface area contributed by atoms with Crippen LogP contribution in [0.5, 0.6) is 11.6 Å². The summed E-state index contributed by atoms with van der Waals surface area (Å²) in [5.74, 6) is 1.19. The van der Waals surface area contributed by atoms with Gasteiger partial charge in [0.25, 0.3) is 0 Å². The monoisotopic (exact) mass is 274 g/mol. The Morgan fingerprint density at radius 1 is 1.21 bits per heavy atom. The van der Waals surface area contributed by atoms with Gasteiger partial charge in [-0.05, 0) is 36.6 Å². The highest BCUT2D eigenvalue weighted by atomic mass is 35.5. The molecule has 0 amide bonds.